The van der Waals surface area contributed by atoms with Crippen molar-refractivity contribution in [1.82, 2.24) is 15.0 Å². The van der Waals surface area contributed by atoms with Crippen LogP contribution < -0.4 is 0 Å². The van der Waals surface area contributed by atoms with E-state index in [4.69, 9.17) is 0 Å². The lowest BCUT2D eigenvalue weighted by Crippen LogP contribution is -1.94. The van der Waals surface area contributed by atoms with Gasteiger partial charge < -0.3 is 0 Å². The summed E-state index contributed by atoms with van der Waals surface area (Å²) < 4.78 is 14.7. The molecule has 1 aromatic heterocycles. The highest BCUT2D eigenvalue weighted by atomic mass is 19.1. The number of nitrogens with zero attached hydrogens (tertiary/aromatic N) is 3. The molecule has 2 aromatic rings. The lowest BCUT2D eigenvalue weighted by molar-refractivity contribution is 0.615. The zero-order chi connectivity index (χ0) is 12.0. The summed E-state index contributed by atoms with van der Waals surface area (Å²) in [6.07, 6.45) is 3.04. The van der Waals surface area contributed by atoms with E-state index in [0.717, 1.165) is 12.1 Å². The predicted octanol–water partition coefficient (Wildman–Crippen LogP) is 2.92. The van der Waals surface area contributed by atoms with Gasteiger partial charge in [0.1, 0.15) is 5.82 Å². The van der Waals surface area contributed by atoms with Crippen LogP contribution in [0, 0.1) is 11.2 Å². The Morgan fingerprint density at radius 3 is 2.82 bits per heavy atom. The first-order valence-corrected chi connectivity index (χ1v) is 5.74. The molecule has 0 aliphatic heterocycles. The standard InChI is InChI=1S/C13H14FN3/c1-13(2)7-11(13)12-8-17(16-15-12)10-5-3-4-9(14)6-10/h3-6,8,11H,7H2,1-2H3. The molecular formula is C13H14FN3. The SMILES string of the molecule is CC1(C)CC1c1cn(-c2cccc(F)c2)nn1. The minimum absolute atomic E-state index is 0.258. The van der Waals surface area contributed by atoms with Crippen LogP contribution in [0.5, 0.6) is 0 Å². The van der Waals surface area contributed by atoms with E-state index in [9.17, 15) is 4.39 Å². The molecule has 1 aromatic carbocycles. The summed E-state index contributed by atoms with van der Waals surface area (Å²) in [5.41, 5.74) is 2.05. The van der Waals surface area contributed by atoms with Gasteiger partial charge in [0.05, 0.1) is 17.6 Å². The number of aromatic nitrogens is 3. The fourth-order valence-corrected chi connectivity index (χ4v) is 2.15. The molecule has 0 N–H and O–H groups in total. The number of hydrogen-bond acceptors (Lipinski definition) is 2. The molecule has 4 heteroatoms. The second-order valence-electron chi connectivity index (χ2n) is 5.31. The quantitative estimate of drug-likeness (QED) is 0.795. The Labute approximate surface area is 99.3 Å². The highest BCUT2D eigenvalue weighted by Gasteiger charge is 2.48. The highest BCUT2D eigenvalue weighted by molar-refractivity contribution is 5.32. The topological polar surface area (TPSA) is 30.7 Å². The summed E-state index contributed by atoms with van der Waals surface area (Å²) in [5.74, 6) is 0.233. The van der Waals surface area contributed by atoms with Crippen molar-refractivity contribution in [2.24, 2.45) is 5.41 Å². The van der Waals surface area contributed by atoms with E-state index < -0.39 is 0 Å². The van der Waals surface area contributed by atoms with Crippen LogP contribution >= 0.6 is 0 Å². The van der Waals surface area contributed by atoms with E-state index in [1.54, 1.807) is 10.7 Å². The van der Waals surface area contributed by atoms with Crippen molar-refractivity contribution in [3.05, 3.63) is 42.0 Å². The summed E-state index contributed by atoms with van der Waals surface area (Å²) >= 11 is 0. The van der Waals surface area contributed by atoms with Gasteiger partial charge >= 0.3 is 0 Å². The molecule has 1 aliphatic carbocycles. The van der Waals surface area contributed by atoms with Crippen molar-refractivity contribution in [3.63, 3.8) is 0 Å². The predicted molar refractivity (Wildman–Crippen MR) is 62.5 cm³/mol. The summed E-state index contributed by atoms with van der Waals surface area (Å²) in [7, 11) is 0. The van der Waals surface area contributed by atoms with Gasteiger partial charge in [-0.1, -0.05) is 25.1 Å². The van der Waals surface area contributed by atoms with Crippen LogP contribution in [0.15, 0.2) is 30.5 Å². The van der Waals surface area contributed by atoms with E-state index in [2.05, 4.69) is 24.2 Å². The van der Waals surface area contributed by atoms with Crippen LogP contribution in [0.4, 0.5) is 4.39 Å². The Hall–Kier alpha value is -1.71. The molecule has 1 saturated carbocycles. The molecular weight excluding hydrogens is 217 g/mol. The fourth-order valence-electron chi connectivity index (χ4n) is 2.15. The Balaban J connectivity index is 1.91. The number of hydrogen-bond donors (Lipinski definition) is 0. The average molecular weight is 231 g/mol. The summed E-state index contributed by atoms with van der Waals surface area (Å²) in [5, 5.41) is 8.22. The maximum absolute atomic E-state index is 13.1. The maximum atomic E-state index is 13.1. The smallest absolute Gasteiger partial charge is 0.125 e. The highest BCUT2D eigenvalue weighted by Crippen LogP contribution is 2.57. The van der Waals surface area contributed by atoms with Crippen molar-refractivity contribution in [2.45, 2.75) is 26.2 Å². The van der Waals surface area contributed by atoms with E-state index in [1.165, 1.54) is 12.1 Å². The number of rotatable bonds is 2. The van der Waals surface area contributed by atoms with Crippen molar-refractivity contribution in [2.75, 3.05) is 0 Å². The van der Waals surface area contributed by atoms with Crippen LogP contribution in [0.3, 0.4) is 0 Å². The first kappa shape index (κ1) is 10.4. The molecule has 3 nitrogen and oxygen atoms in total. The third-order valence-electron chi connectivity index (χ3n) is 3.45. The number of halogens is 1. The minimum atomic E-state index is -0.258. The minimum Gasteiger partial charge on any atom is -0.220 e. The molecule has 0 bridgehead atoms. The van der Waals surface area contributed by atoms with E-state index in [0.29, 0.717) is 17.0 Å². The van der Waals surface area contributed by atoms with Crippen molar-refractivity contribution >= 4 is 0 Å². The van der Waals surface area contributed by atoms with Gasteiger partial charge in [0.25, 0.3) is 0 Å². The summed E-state index contributed by atoms with van der Waals surface area (Å²) in [6, 6.07) is 6.37. The molecule has 1 unspecified atom stereocenters. The largest absolute Gasteiger partial charge is 0.220 e. The first-order valence-electron chi connectivity index (χ1n) is 5.74. The first-order chi connectivity index (χ1) is 8.06. The van der Waals surface area contributed by atoms with Crippen molar-refractivity contribution in [1.29, 1.82) is 0 Å². The molecule has 1 heterocycles. The Bertz CT molecular complexity index is 559. The van der Waals surface area contributed by atoms with Crippen molar-refractivity contribution < 1.29 is 4.39 Å². The zero-order valence-electron chi connectivity index (χ0n) is 9.89. The second kappa shape index (κ2) is 3.39. The molecule has 1 fully saturated rings. The molecule has 0 spiro atoms. The Morgan fingerprint density at radius 2 is 2.18 bits per heavy atom. The van der Waals surface area contributed by atoms with Gasteiger partial charge in [0.15, 0.2) is 0 Å². The van der Waals surface area contributed by atoms with Gasteiger partial charge in [-0.25, -0.2) is 9.07 Å². The van der Waals surface area contributed by atoms with Crippen LogP contribution in [0.2, 0.25) is 0 Å². The second-order valence-corrected chi connectivity index (χ2v) is 5.31. The van der Waals surface area contributed by atoms with Gasteiger partial charge in [-0.05, 0) is 30.0 Å². The van der Waals surface area contributed by atoms with Crippen LogP contribution in [-0.4, -0.2) is 15.0 Å². The summed E-state index contributed by atoms with van der Waals surface area (Å²) in [4.78, 5) is 0. The fraction of sp³-hybridized carbons (Fsp3) is 0.385. The normalized spacial score (nSPS) is 21.5. The van der Waals surface area contributed by atoms with E-state index in [1.807, 2.05) is 12.3 Å². The molecule has 0 amide bonds. The summed E-state index contributed by atoms with van der Waals surface area (Å²) in [6.45, 7) is 4.44. The molecule has 1 aliphatic rings. The third-order valence-corrected chi connectivity index (χ3v) is 3.45. The van der Waals surface area contributed by atoms with Crippen molar-refractivity contribution in [3.8, 4) is 5.69 Å². The van der Waals surface area contributed by atoms with Gasteiger partial charge in [-0.3, -0.25) is 0 Å². The van der Waals surface area contributed by atoms with E-state index in [-0.39, 0.29) is 5.82 Å². The van der Waals surface area contributed by atoms with Gasteiger partial charge in [0, 0.05) is 5.92 Å². The lowest BCUT2D eigenvalue weighted by Gasteiger charge is -1.99. The van der Waals surface area contributed by atoms with Crippen LogP contribution in [0.1, 0.15) is 31.9 Å². The monoisotopic (exact) mass is 231 g/mol. The van der Waals surface area contributed by atoms with Crippen LogP contribution in [-0.2, 0) is 0 Å². The maximum Gasteiger partial charge on any atom is 0.125 e. The van der Waals surface area contributed by atoms with E-state index >= 15 is 0 Å². The zero-order valence-corrected chi connectivity index (χ0v) is 9.89. The molecule has 1 atom stereocenters. The van der Waals surface area contributed by atoms with Gasteiger partial charge in [-0.15, -0.1) is 5.10 Å². The molecule has 0 radical (unpaired) electrons. The molecule has 88 valence electrons. The van der Waals surface area contributed by atoms with Gasteiger partial charge in [-0.2, -0.15) is 0 Å². The lowest BCUT2D eigenvalue weighted by atomic mass is 10.1. The average Bonchev–Trinajstić information content (AvgIpc) is 2.76. The Morgan fingerprint density at radius 1 is 1.41 bits per heavy atom. The number of benzene rings is 1. The molecule has 0 saturated heterocycles. The molecule has 3 rings (SSSR count). The van der Waals surface area contributed by atoms with Gasteiger partial charge in [0.2, 0.25) is 0 Å². The Kier molecular flexibility index (Phi) is 2.08. The molecule has 17 heavy (non-hydrogen) atoms. The van der Waals surface area contributed by atoms with Crippen LogP contribution in [0.25, 0.3) is 5.69 Å². The third kappa shape index (κ3) is 1.84.